The minimum Gasteiger partial charge on any atom is -0.467 e. The molecule has 1 amide bonds. The minimum atomic E-state index is -0.253. The molecule has 0 aromatic carbocycles. The molecule has 0 radical (unpaired) electrons. The molecule has 0 aliphatic carbocycles. The summed E-state index contributed by atoms with van der Waals surface area (Å²) in [5, 5.41) is 3.20. The van der Waals surface area contributed by atoms with Crippen molar-refractivity contribution in [3.63, 3.8) is 0 Å². The monoisotopic (exact) mass is 468 g/mol. The molecule has 1 saturated heterocycles. The van der Waals surface area contributed by atoms with Crippen molar-refractivity contribution in [1.82, 2.24) is 14.3 Å². The lowest BCUT2D eigenvalue weighted by Crippen LogP contribution is -2.29. The van der Waals surface area contributed by atoms with Gasteiger partial charge in [0.1, 0.15) is 21.5 Å². The topological polar surface area (TPSA) is 79.8 Å². The summed E-state index contributed by atoms with van der Waals surface area (Å²) in [5.74, 6) is 0.948. The van der Waals surface area contributed by atoms with E-state index in [0.717, 1.165) is 24.8 Å². The van der Waals surface area contributed by atoms with Gasteiger partial charge in [-0.1, -0.05) is 49.8 Å². The van der Waals surface area contributed by atoms with Gasteiger partial charge < -0.3 is 9.73 Å². The number of nitrogens with zero attached hydrogens (tertiary/aromatic N) is 3. The molecule has 0 saturated carbocycles. The number of hydrogen-bond acceptors (Lipinski definition) is 7. The van der Waals surface area contributed by atoms with Crippen LogP contribution < -0.4 is 10.9 Å². The molecule has 1 aliphatic rings. The Bertz CT molecular complexity index is 1250. The van der Waals surface area contributed by atoms with Crippen LogP contribution in [-0.4, -0.2) is 31.1 Å². The molecule has 0 atom stereocenters. The van der Waals surface area contributed by atoms with E-state index >= 15 is 0 Å². The number of aromatic nitrogens is 2. The molecule has 0 bridgehead atoms. The molecule has 1 fully saturated rings. The average Bonchev–Trinajstić information content (AvgIpc) is 3.39. The number of thiocarbonyl (C=S) groups is 1. The Balaban J connectivity index is 1.74. The highest BCUT2D eigenvalue weighted by Gasteiger charge is 2.32. The van der Waals surface area contributed by atoms with Gasteiger partial charge in [0.2, 0.25) is 0 Å². The van der Waals surface area contributed by atoms with Crippen molar-refractivity contribution in [2.45, 2.75) is 39.7 Å². The molecule has 4 rings (SSSR count). The molecule has 4 heterocycles. The second kappa shape index (κ2) is 9.70. The Morgan fingerprint density at radius 1 is 1.25 bits per heavy atom. The van der Waals surface area contributed by atoms with Gasteiger partial charge in [-0.3, -0.25) is 18.9 Å². The predicted octanol–water partition coefficient (Wildman–Crippen LogP) is 4.60. The van der Waals surface area contributed by atoms with Gasteiger partial charge in [-0.2, -0.15) is 0 Å². The van der Waals surface area contributed by atoms with Crippen LogP contribution in [0.5, 0.6) is 0 Å². The molecular formula is C23H24N4O3S2. The number of rotatable bonds is 8. The van der Waals surface area contributed by atoms with Gasteiger partial charge in [0.05, 0.1) is 23.3 Å². The number of carbonyl (C=O) groups excluding carboxylic acids is 1. The molecular weight excluding hydrogens is 444 g/mol. The number of hydrogen-bond donors (Lipinski definition) is 1. The van der Waals surface area contributed by atoms with Gasteiger partial charge in [0.15, 0.2) is 0 Å². The van der Waals surface area contributed by atoms with Gasteiger partial charge in [0, 0.05) is 12.7 Å². The molecule has 3 aromatic heterocycles. The number of fused-ring (bicyclic) bond motifs is 1. The zero-order chi connectivity index (χ0) is 22.7. The van der Waals surface area contributed by atoms with Crippen molar-refractivity contribution < 1.29 is 9.21 Å². The van der Waals surface area contributed by atoms with Crippen LogP contribution in [0.2, 0.25) is 0 Å². The number of anilines is 1. The summed E-state index contributed by atoms with van der Waals surface area (Å²) in [7, 11) is 0. The smallest absolute Gasteiger partial charge is 0.267 e. The molecule has 3 aromatic rings. The maximum Gasteiger partial charge on any atom is 0.267 e. The molecule has 166 valence electrons. The predicted molar refractivity (Wildman–Crippen MR) is 132 cm³/mol. The normalized spacial score (nSPS) is 15.3. The van der Waals surface area contributed by atoms with Crippen LogP contribution >= 0.6 is 24.0 Å². The number of unbranched alkanes of at least 4 members (excludes halogenated alkanes) is 2. The number of furan rings is 1. The standard InChI is InChI=1S/C23H24N4O3S2/c1-3-4-5-10-27-22(29)18(32-23(27)31)13-17-19(24-14-16-9-7-12-30-16)25-20-15(2)8-6-11-26(20)21(17)28/h6-9,11-13,24H,3-5,10,14H2,1-2H3/b18-13+. The Kier molecular flexibility index (Phi) is 6.76. The molecule has 32 heavy (non-hydrogen) atoms. The Hall–Kier alpha value is -2.91. The third-order valence-corrected chi connectivity index (χ3v) is 6.61. The van der Waals surface area contributed by atoms with Gasteiger partial charge in [-0.05, 0) is 43.2 Å². The zero-order valence-corrected chi connectivity index (χ0v) is 19.6. The molecule has 9 heteroatoms. The second-order valence-electron chi connectivity index (χ2n) is 7.54. The lowest BCUT2D eigenvalue weighted by atomic mass is 10.2. The van der Waals surface area contributed by atoms with E-state index in [4.69, 9.17) is 21.6 Å². The Labute approximate surface area is 195 Å². The summed E-state index contributed by atoms with van der Waals surface area (Å²) in [4.78, 5) is 33.1. The molecule has 7 nitrogen and oxygen atoms in total. The fraction of sp³-hybridized carbons (Fsp3) is 0.304. The van der Waals surface area contributed by atoms with Crippen molar-refractivity contribution in [2.24, 2.45) is 0 Å². The lowest BCUT2D eigenvalue weighted by Gasteiger charge is -2.13. The molecule has 0 spiro atoms. The quantitative estimate of drug-likeness (QED) is 0.294. The van der Waals surface area contributed by atoms with Crippen LogP contribution in [0.25, 0.3) is 11.7 Å². The van der Waals surface area contributed by atoms with E-state index in [1.165, 1.54) is 16.2 Å². The second-order valence-corrected chi connectivity index (χ2v) is 9.21. The van der Waals surface area contributed by atoms with Crippen molar-refractivity contribution in [3.8, 4) is 0 Å². The summed E-state index contributed by atoms with van der Waals surface area (Å²) in [5.41, 5.74) is 1.49. The number of amides is 1. The SMILES string of the molecule is CCCCCN1C(=O)/C(=C\c2c(NCc3ccco3)nc3c(C)cccn3c2=O)SC1=S. The van der Waals surface area contributed by atoms with E-state index in [-0.39, 0.29) is 11.5 Å². The van der Waals surface area contributed by atoms with Crippen molar-refractivity contribution in [3.05, 3.63) is 68.9 Å². The summed E-state index contributed by atoms with van der Waals surface area (Å²) >= 11 is 6.65. The third-order valence-electron chi connectivity index (χ3n) is 5.23. The van der Waals surface area contributed by atoms with Crippen molar-refractivity contribution >= 4 is 51.7 Å². The number of aryl methyl sites for hydroxylation is 1. The first-order valence-corrected chi connectivity index (χ1v) is 11.8. The van der Waals surface area contributed by atoms with E-state index < -0.39 is 0 Å². The van der Waals surface area contributed by atoms with Crippen molar-refractivity contribution in [1.29, 1.82) is 0 Å². The fourth-order valence-electron chi connectivity index (χ4n) is 3.50. The van der Waals surface area contributed by atoms with Gasteiger partial charge in [0.25, 0.3) is 11.5 Å². The number of nitrogens with one attached hydrogen (secondary N) is 1. The highest BCUT2D eigenvalue weighted by Crippen LogP contribution is 2.33. The van der Waals surface area contributed by atoms with Crippen LogP contribution in [0.3, 0.4) is 0 Å². The largest absolute Gasteiger partial charge is 0.467 e. The third kappa shape index (κ3) is 4.49. The number of pyridine rings is 1. The van der Waals surface area contributed by atoms with Crippen LogP contribution in [0.4, 0.5) is 5.82 Å². The van der Waals surface area contributed by atoms with Gasteiger partial charge >= 0.3 is 0 Å². The van der Waals surface area contributed by atoms with E-state index in [0.29, 0.717) is 45.1 Å². The molecule has 1 aliphatic heterocycles. The van der Waals surface area contributed by atoms with Crippen LogP contribution in [0.1, 0.15) is 43.1 Å². The fourth-order valence-corrected chi connectivity index (χ4v) is 4.79. The first-order valence-electron chi connectivity index (χ1n) is 10.5. The van der Waals surface area contributed by atoms with E-state index in [9.17, 15) is 9.59 Å². The summed E-state index contributed by atoms with van der Waals surface area (Å²) in [6, 6.07) is 7.35. The van der Waals surface area contributed by atoms with E-state index in [1.54, 1.807) is 35.6 Å². The van der Waals surface area contributed by atoms with Crippen molar-refractivity contribution in [2.75, 3.05) is 11.9 Å². The lowest BCUT2D eigenvalue weighted by molar-refractivity contribution is -0.122. The highest BCUT2D eigenvalue weighted by atomic mass is 32.2. The maximum absolute atomic E-state index is 13.4. The molecule has 0 unspecified atom stereocenters. The summed E-state index contributed by atoms with van der Waals surface area (Å²) in [6.45, 7) is 4.97. The van der Waals surface area contributed by atoms with Crippen LogP contribution in [0.15, 0.2) is 50.8 Å². The van der Waals surface area contributed by atoms with Gasteiger partial charge in [-0.25, -0.2) is 4.98 Å². The summed E-state index contributed by atoms with van der Waals surface area (Å²) < 4.78 is 7.41. The average molecular weight is 469 g/mol. The Morgan fingerprint density at radius 2 is 2.09 bits per heavy atom. The Morgan fingerprint density at radius 3 is 2.84 bits per heavy atom. The minimum absolute atomic E-state index is 0.165. The first kappa shape index (κ1) is 22.3. The van der Waals surface area contributed by atoms with E-state index in [2.05, 4.69) is 12.2 Å². The van der Waals surface area contributed by atoms with Gasteiger partial charge in [-0.15, -0.1) is 0 Å². The van der Waals surface area contributed by atoms with Crippen LogP contribution in [0, 0.1) is 6.92 Å². The zero-order valence-electron chi connectivity index (χ0n) is 18.0. The number of thioether (sulfide) groups is 1. The van der Waals surface area contributed by atoms with E-state index in [1.807, 2.05) is 19.1 Å². The number of carbonyl (C=O) groups is 1. The van der Waals surface area contributed by atoms with Crippen LogP contribution in [-0.2, 0) is 11.3 Å². The highest BCUT2D eigenvalue weighted by molar-refractivity contribution is 8.26. The summed E-state index contributed by atoms with van der Waals surface area (Å²) in [6.07, 6.45) is 7.87. The first-order chi connectivity index (χ1) is 15.5. The molecule has 1 N–H and O–H groups in total. The maximum atomic E-state index is 13.4.